The fourth-order valence-corrected chi connectivity index (χ4v) is 6.42. The molecule has 0 unspecified atom stereocenters. The second kappa shape index (κ2) is 6.52. The van der Waals surface area contributed by atoms with Gasteiger partial charge in [0.25, 0.3) is 0 Å². The third-order valence-corrected chi connectivity index (χ3v) is 7.98. The van der Waals surface area contributed by atoms with Crippen LogP contribution in [0.5, 0.6) is 5.75 Å². The van der Waals surface area contributed by atoms with Crippen LogP contribution in [0.2, 0.25) is 0 Å². The molecule has 1 aromatic heterocycles. The molecule has 4 aliphatic rings. The average molecular weight is 426 g/mol. The van der Waals surface area contributed by atoms with Crippen molar-refractivity contribution in [1.82, 2.24) is 10.3 Å². The van der Waals surface area contributed by atoms with Gasteiger partial charge in [-0.1, -0.05) is 36.3 Å². The van der Waals surface area contributed by atoms with Crippen LogP contribution < -0.4 is 15.0 Å². The van der Waals surface area contributed by atoms with Crippen LogP contribution >= 0.6 is 11.3 Å². The summed E-state index contributed by atoms with van der Waals surface area (Å²) in [6.45, 7) is 0.396. The van der Waals surface area contributed by atoms with Crippen LogP contribution in [0.4, 0.5) is 5.13 Å². The summed E-state index contributed by atoms with van der Waals surface area (Å²) in [5.74, 6) is -0.346. The lowest BCUT2D eigenvalue weighted by Gasteiger charge is -2.24. The van der Waals surface area contributed by atoms with Crippen molar-refractivity contribution >= 4 is 38.5 Å². The molecule has 1 N–H and O–H groups in total. The lowest BCUT2D eigenvalue weighted by atomic mass is 9.76. The molecule has 2 bridgehead atoms. The molecule has 30 heavy (non-hydrogen) atoms. The minimum atomic E-state index is -0.727. The number of hydrogen-bond donors (Lipinski definition) is 1. The van der Waals surface area contributed by atoms with Crippen molar-refractivity contribution in [1.29, 1.82) is 0 Å². The van der Waals surface area contributed by atoms with Gasteiger partial charge in [-0.2, -0.15) is 0 Å². The van der Waals surface area contributed by atoms with Crippen LogP contribution in [0.25, 0.3) is 10.2 Å². The number of anilines is 1. The number of hydrogen-bond acceptors (Lipinski definition) is 6. The van der Waals surface area contributed by atoms with Crippen LogP contribution in [0.1, 0.15) is 25.7 Å². The topological polar surface area (TPSA) is 80.8 Å². The van der Waals surface area contributed by atoms with Gasteiger partial charge in [-0.3, -0.25) is 14.5 Å². The maximum absolute atomic E-state index is 13.5. The second-order valence-electron chi connectivity index (χ2n) is 8.64. The van der Waals surface area contributed by atoms with Gasteiger partial charge in [-0.25, -0.2) is 4.98 Å². The predicted molar refractivity (Wildman–Crippen MR) is 113 cm³/mol. The van der Waals surface area contributed by atoms with E-state index >= 15 is 0 Å². The molecule has 4 heterocycles. The number of fused-ring (bicyclic) bond motifs is 2. The Balaban J connectivity index is 1.30. The summed E-state index contributed by atoms with van der Waals surface area (Å²) in [5.41, 5.74) is 0.0719. The Bertz CT molecular complexity index is 1080. The van der Waals surface area contributed by atoms with E-state index in [0.717, 1.165) is 41.6 Å². The number of benzene rings is 1. The van der Waals surface area contributed by atoms with Gasteiger partial charge < -0.3 is 14.8 Å². The molecule has 6 rings (SSSR count). The molecule has 1 aliphatic carbocycles. The van der Waals surface area contributed by atoms with Crippen LogP contribution in [0, 0.1) is 11.8 Å². The van der Waals surface area contributed by atoms with E-state index in [2.05, 4.69) is 10.3 Å². The van der Waals surface area contributed by atoms with E-state index < -0.39 is 17.4 Å². The SMILES string of the molecule is COc1ccc2sc(N3C[C@]45C=C[C@@H](O4)[C@@H](C(=O)NC4CCCC4)[C@@H]5C3=O)nc2c1. The molecule has 2 aromatic rings. The normalized spacial score (nSPS) is 32.4. The van der Waals surface area contributed by atoms with Gasteiger partial charge in [-0.05, 0) is 25.0 Å². The monoisotopic (exact) mass is 425 g/mol. The van der Waals surface area contributed by atoms with Crippen molar-refractivity contribution in [3.05, 3.63) is 30.4 Å². The molecule has 4 atom stereocenters. The van der Waals surface area contributed by atoms with Gasteiger partial charge in [0.2, 0.25) is 11.8 Å². The lowest BCUT2D eigenvalue weighted by molar-refractivity contribution is -0.132. The lowest BCUT2D eigenvalue weighted by Crippen LogP contribution is -2.46. The van der Waals surface area contributed by atoms with Crippen molar-refractivity contribution < 1.29 is 19.1 Å². The first kappa shape index (κ1) is 18.3. The number of methoxy groups -OCH3 is 1. The van der Waals surface area contributed by atoms with Crippen molar-refractivity contribution in [2.75, 3.05) is 18.6 Å². The van der Waals surface area contributed by atoms with Crippen LogP contribution in [-0.2, 0) is 14.3 Å². The Morgan fingerprint density at radius 3 is 3.00 bits per heavy atom. The molecular weight excluding hydrogens is 402 g/mol. The molecule has 1 aromatic carbocycles. The van der Waals surface area contributed by atoms with E-state index in [1.165, 1.54) is 11.3 Å². The average Bonchev–Trinajstić information content (AvgIpc) is 3.54. The highest BCUT2D eigenvalue weighted by Gasteiger charge is 2.67. The highest BCUT2D eigenvalue weighted by Crippen LogP contribution is 2.53. The van der Waals surface area contributed by atoms with Gasteiger partial charge in [0, 0.05) is 12.1 Å². The highest BCUT2D eigenvalue weighted by atomic mass is 32.1. The Hall–Kier alpha value is -2.45. The highest BCUT2D eigenvalue weighted by molar-refractivity contribution is 7.22. The van der Waals surface area contributed by atoms with Gasteiger partial charge >= 0.3 is 0 Å². The summed E-state index contributed by atoms with van der Waals surface area (Å²) in [6.07, 6.45) is 7.96. The van der Waals surface area contributed by atoms with E-state index in [0.29, 0.717) is 11.7 Å². The van der Waals surface area contributed by atoms with Gasteiger partial charge in [0.1, 0.15) is 11.4 Å². The maximum Gasteiger partial charge on any atom is 0.236 e. The first-order valence-corrected chi connectivity index (χ1v) is 11.3. The summed E-state index contributed by atoms with van der Waals surface area (Å²) in [5, 5.41) is 3.81. The molecule has 3 aliphatic heterocycles. The number of thiazole rings is 1. The minimum absolute atomic E-state index is 0.0487. The molecule has 3 fully saturated rings. The summed E-state index contributed by atoms with van der Waals surface area (Å²) in [6, 6.07) is 5.94. The van der Waals surface area contributed by atoms with Crippen molar-refractivity contribution in [2.24, 2.45) is 11.8 Å². The van der Waals surface area contributed by atoms with Crippen molar-refractivity contribution in [3.8, 4) is 5.75 Å². The molecule has 1 saturated carbocycles. The molecule has 1 spiro atoms. The van der Waals surface area contributed by atoms with E-state index in [-0.39, 0.29) is 24.0 Å². The Morgan fingerprint density at radius 2 is 2.20 bits per heavy atom. The molecule has 2 amide bonds. The minimum Gasteiger partial charge on any atom is -0.497 e. The number of nitrogens with zero attached hydrogens (tertiary/aromatic N) is 2. The number of nitrogens with one attached hydrogen (secondary N) is 1. The molecular formula is C22H23N3O4S. The maximum atomic E-state index is 13.5. The first-order valence-electron chi connectivity index (χ1n) is 10.5. The zero-order chi connectivity index (χ0) is 20.5. The van der Waals surface area contributed by atoms with Crippen LogP contribution in [-0.4, -0.2) is 48.2 Å². The van der Waals surface area contributed by atoms with E-state index in [4.69, 9.17) is 9.47 Å². The third kappa shape index (κ3) is 2.56. The number of carbonyl (C=O) groups excluding carboxylic acids is 2. The number of aromatic nitrogens is 1. The smallest absolute Gasteiger partial charge is 0.236 e. The Labute approximate surface area is 178 Å². The van der Waals surface area contributed by atoms with Crippen molar-refractivity contribution in [2.45, 2.75) is 43.4 Å². The summed E-state index contributed by atoms with van der Waals surface area (Å²) in [4.78, 5) is 33.0. The number of ether oxygens (including phenoxy) is 2. The largest absolute Gasteiger partial charge is 0.497 e. The summed E-state index contributed by atoms with van der Waals surface area (Å²) < 4.78 is 12.5. The number of carbonyl (C=O) groups is 2. The summed E-state index contributed by atoms with van der Waals surface area (Å²) >= 11 is 1.47. The molecule has 156 valence electrons. The van der Waals surface area contributed by atoms with Gasteiger partial charge in [-0.15, -0.1) is 0 Å². The fourth-order valence-electron chi connectivity index (χ4n) is 5.46. The predicted octanol–water partition coefficient (Wildman–Crippen LogP) is 2.65. The summed E-state index contributed by atoms with van der Waals surface area (Å²) in [7, 11) is 1.62. The standard InChI is InChI=1S/C22H23N3O4S/c1-28-13-6-7-16-14(10-13)24-21(30-16)25-11-22-9-8-15(29-22)17(18(22)20(25)27)19(26)23-12-4-2-3-5-12/h6-10,12,15,17-18H,2-5,11H2,1H3,(H,23,26)/t15-,17-,18-,22+/m1/s1. The molecule has 0 radical (unpaired) electrons. The zero-order valence-electron chi connectivity index (χ0n) is 16.7. The Kier molecular flexibility index (Phi) is 3.98. The fraction of sp³-hybridized carbons (Fsp3) is 0.500. The number of amides is 2. The second-order valence-corrected chi connectivity index (χ2v) is 9.65. The third-order valence-electron chi connectivity index (χ3n) is 6.92. The van der Waals surface area contributed by atoms with Gasteiger partial charge in [0.15, 0.2) is 5.13 Å². The Morgan fingerprint density at radius 1 is 1.37 bits per heavy atom. The van der Waals surface area contributed by atoms with E-state index in [9.17, 15) is 9.59 Å². The van der Waals surface area contributed by atoms with Gasteiger partial charge in [0.05, 0.1) is 41.8 Å². The molecule has 7 nitrogen and oxygen atoms in total. The quantitative estimate of drug-likeness (QED) is 0.762. The molecule has 8 heteroatoms. The van der Waals surface area contributed by atoms with Crippen molar-refractivity contribution in [3.63, 3.8) is 0 Å². The van der Waals surface area contributed by atoms with E-state index in [1.807, 2.05) is 30.4 Å². The zero-order valence-corrected chi connectivity index (χ0v) is 17.5. The number of rotatable bonds is 4. The first-order chi connectivity index (χ1) is 14.6. The van der Waals surface area contributed by atoms with Crippen LogP contribution in [0.3, 0.4) is 0 Å². The van der Waals surface area contributed by atoms with Crippen LogP contribution in [0.15, 0.2) is 30.4 Å². The van der Waals surface area contributed by atoms with E-state index in [1.54, 1.807) is 12.0 Å². The molecule has 2 saturated heterocycles.